The van der Waals surface area contributed by atoms with E-state index in [0.29, 0.717) is 12.1 Å². The topological polar surface area (TPSA) is 28.2 Å². The SMILES string of the molecule is CCCN1CCCC(C(C)NC(C)c2ccncc2)C1. The fraction of sp³-hybridized carbons (Fsp3) is 0.706. The molecular formula is C17H29N3. The molecule has 2 heterocycles. The van der Waals surface area contributed by atoms with E-state index < -0.39 is 0 Å². The van der Waals surface area contributed by atoms with Gasteiger partial charge >= 0.3 is 0 Å². The van der Waals surface area contributed by atoms with E-state index in [4.69, 9.17) is 0 Å². The second kappa shape index (κ2) is 7.75. The van der Waals surface area contributed by atoms with Crippen LogP contribution in [-0.2, 0) is 0 Å². The highest BCUT2D eigenvalue weighted by Crippen LogP contribution is 2.22. The summed E-state index contributed by atoms with van der Waals surface area (Å²) in [7, 11) is 0. The minimum Gasteiger partial charge on any atom is -0.307 e. The van der Waals surface area contributed by atoms with Gasteiger partial charge < -0.3 is 10.2 Å². The molecule has 1 fully saturated rings. The van der Waals surface area contributed by atoms with Crippen LogP contribution in [0, 0.1) is 5.92 Å². The molecule has 20 heavy (non-hydrogen) atoms. The maximum absolute atomic E-state index is 4.09. The van der Waals surface area contributed by atoms with Crippen LogP contribution in [0.15, 0.2) is 24.5 Å². The number of aromatic nitrogens is 1. The lowest BCUT2D eigenvalue weighted by molar-refractivity contribution is 0.147. The van der Waals surface area contributed by atoms with Crippen molar-refractivity contribution < 1.29 is 0 Å². The van der Waals surface area contributed by atoms with Gasteiger partial charge in [-0.15, -0.1) is 0 Å². The first-order chi connectivity index (χ1) is 9.70. The fourth-order valence-electron chi connectivity index (χ4n) is 3.30. The van der Waals surface area contributed by atoms with Crippen molar-refractivity contribution in [3.63, 3.8) is 0 Å². The third-order valence-corrected chi connectivity index (χ3v) is 4.51. The van der Waals surface area contributed by atoms with Gasteiger partial charge in [0, 0.05) is 31.0 Å². The number of nitrogens with one attached hydrogen (secondary N) is 1. The zero-order valence-electron chi connectivity index (χ0n) is 13.2. The Morgan fingerprint density at radius 3 is 2.80 bits per heavy atom. The van der Waals surface area contributed by atoms with Gasteiger partial charge in [-0.25, -0.2) is 0 Å². The summed E-state index contributed by atoms with van der Waals surface area (Å²) in [5.41, 5.74) is 1.33. The number of piperidine rings is 1. The molecule has 3 unspecified atom stereocenters. The summed E-state index contributed by atoms with van der Waals surface area (Å²) in [6.45, 7) is 10.7. The largest absolute Gasteiger partial charge is 0.307 e. The zero-order valence-corrected chi connectivity index (χ0v) is 13.2. The molecule has 0 amide bonds. The highest BCUT2D eigenvalue weighted by molar-refractivity contribution is 5.14. The first-order valence-corrected chi connectivity index (χ1v) is 8.09. The number of hydrogen-bond donors (Lipinski definition) is 1. The molecule has 3 heteroatoms. The molecule has 0 radical (unpaired) electrons. The molecule has 2 rings (SSSR count). The third-order valence-electron chi connectivity index (χ3n) is 4.51. The maximum atomic E-state index is 4.09. The average Bonchev–Trinajstić information content (AvgIpc) is 2.48. The van der Waals surface area contributed by atoms with Crippen LogP contribution >= 0.6 is 0 Å². The molecule has 0 saturated carbocycles. The molecule has 112 valence electrons. The Labute approximate surface area is 123 Å². The highest BCUT2D eigenvalue weighted by Gasteiger charge is 2.25. The van der Waals surface area contributed by atoms with Gasteiger partial charge in [0.25, 0.3) is 0 Å². The van der Waals surface area contributed by atoms with E-state index in [-0.39, 0.29) is 0 Å². The van der Waals surface area contributed by atoms with Crippen molar-refractivity contribution >= 4 is 0 Å². The molecule has 1 saturated heterocycles. The smallest absolute Gasteiger partial charge is 0.0295 e. The summed E-state index contributed by atoms with van der Waals surface area (Å²) in [6, 6.07) is 5.18. The van der Waals surface area contributed by atoms with Crippen LogP contribution in [0.1, 0.15) is 51.6 Å². The molecular weight excluding hydrogens is 246 g/mol. The molecule has 1 aromatic rings. The summed E-state index contributed by atoms with van der Waals surface area (Å²) in [5, 5.41) is 3.77. The average molecular weight is 275 g/mol. The summed E-state index contributed by atoms with van der Waals surface area (Å²) in [4.78, 5) is 6.72. The predicted molar refractivity (Wildman–Crippen MR) is 84.7 cm³/mol. The van der Waals surface area contributed by atoms with Crippen molar-refractivity contribution in [2.24, 2.45) is 5.92 Å². The third kappa shape index (κ3) is 4.29. The van der Waals surface area contributed by atoms with Gasteiger partial charge in [-0.3, -0.25) is 4.98 Å². The summed E-state index contributed by atoms with van der Waals surface area (Å²) in [6.07, 6.45) is 7.73. The molecule has 1 aliphatic rings. The molecule has 1 N–H and O–H groups in total. The van der Waals surface area contributed by atoms with Crippen LogP contribution in [0.5, 0.6) is 0 Å². The summed E-state index contributed by atoms with van der Waals surface area (Å²) >= 11 is 0. The number of nitrogens with zero attached hydrogens (tertiary/aromatic N) is 2. The Kier molecular flexibility index (Phi) is 5.99. The van der Waals surface area contributed by atoms with Crippen molar-refractivity contribution in [1.82, 2.24) is 15.2 Å². The number of hydrogen-bond acceptors (Lipinski definition) is 3. The van der Waals surface area contributed by atoms with Crippen molar-refractivity contribution in [2.45, 2.75) is 52.1 Å². The second-order valence-electron chi connectivity index (χ2n) is 6.16. The normalized spacial score (nSPS) is 23.4. The summed E-state index contributed by atoms with van der Waals surface area (Å²) < 4.78 is 0. The van der Waals surface area contributed by atoms with Crippen molar-refractivity contribution in [3.8, 4) is 0 Å². The lowest BCUT2D eigenvalue weighted by Crippen LogP contribution is -2.45. The molecule has 3 atom stereocenters. The number of likely N-dealkylation sites (tertiary alicyclic amines) is 1. The van der Waals surface area contributed by atoms with Crippen LogP contribution in [0.3, 0.4) is 0 Å². The van der Waals surface area contributed by atoms with Crippen LogP contribution in [0.25, 0.3) is 0 Å². The van der Waals surface area contributed by atoms with E-state index in [0.717, 1.165) is 5.92 Å². The molecule has 0 bridgehead atoms. The Morgan fingerprint density at radius 1 is 1.35 bits per heavy atom. The Bertz CT molecular complexity index is 377. The zero-order chi connectivity index (χ0) is 14.4. The quantitative estimate of drug-likeness (QED) is 0.864. The monoisotopic (exact) mass is 275 g/mol. The lowest BCUT2D eigenvalue weighted by Gasteiger charge is -2.37. The maximum Gasteiger partial charge on any atom is 0.0295 e. The molecule has 0 aliphatic carbocycles. The molecule has 1 aliphatic heterocycles. The Morgan fingerprint density at radius 2 is 2.10 bits per heavy atom. The minimum absolute atomic E-state index is 0.398. The van der Waals surface area contributed by atoms with Gasteiger partial charge in [0.15, 0.2) is 0 Å². The predicted octanol–water partition coefficient (Wildman–Crippen LogP) is 3.24. The number of pyridine rings is 1. The van der Waals surface area contributed by atoms with Crippen molar-refractivity contribution in [3.05, 3.63) is 30.1 Å². The van der Waals surface area contributed by atoms with Gasteiger partial charge in [0.05, 0.1) is 0 Å². The first-order valence-electron chi connectivity index (χ1n) is 8.09. The van der Waals surface area contributed by atoms with E-state index in [1.165, 1.54) is 44.5 Å². The first kappa shape index (κ1) is 15.5. The molecule has 3 nitrogen and oxygen atoms in total. The summed E-state index contributed by atoms with van der Waals surface area (Å²) in [5.74, 6) is 0.777. The second-order valence-corrected chi connectivity index (χ2v) is 6.16. The van der Waals surface area contributed by atoms with Crippen LogP contribution in [0.2, 0.25) is 0 Å². The Hall–Kier alpha value is -0.930. The van der Waals surface area contributed by atoms with Crippen LogP contribution in [-0.4, -0.2) is 35.6 Å². The van der Waals surface area contributed by atoms with Gasteiger partial charge in [-0.1, -0.05) is 6.92 Å². The number of rotatable bonds is 6. The van der Waals surface area contributed by atoms with Gasteiger partial charge in [-0.2, -0.15) is 0 Å². The van der Waals surface area contributed by atoms with Crippen LogP contribution < -0.4 is 5.32 Å². The van der Waals surface area contributed by atoms with E-state index in [1.54, 1.807) is 0 Å². The highest BCUT2D eigenvalue weighted by atomic mass is 15.1. The van der Waals surface area contributed by atoms with Gasteiger partial charge in [-0.05, 0) is 69.8 Å². The lowest BCUT2D eigenvalue weighted by atomic mass is 9.90. The van der Waals surface area contributed by atoms with Crippen molar-refractivity contribution in [2.75, 3.05) is 19.6 Å². The van der Waals surface area contributed by atoms with Gasteiger partial charge in [0.2, 0.25) is 0 Å². The van der Waals surface area contributed by atoms with Crippen LogP contribution in [0.4, 0.5) is 0 Å². The van der Waals surface area contributed by atoms with E-state index in [1.807, 2.05) is 12.4 Å². The molecule has 1 aromatic heterocycles. The fourth-order valence-corrected chi connectivity index (χ4v) is 3.30. The standard InChI is InChI=1S/C17H29N3/c1-4-11-20-12-5-6-17(13-20)15(3)19-14(2)16-7-9-18-10-8-16/h7-10,14-15,17,19H,4-6,11-13H2,1-3H3. The Balaban J connectivity index is 1.86. The van der Waals surface area contributed by atoms with E-state index in [9.17, 15) is 0 Å². The van der Waals surface area contributed by atoms with E-state index in [2.05, 4.69) is 48.1 Å². The van der Waals surface area contributed by atoms with E-state index >= 15 is 0 Å². The molecule has 0 spiro atoms. The molecule has 0 aromatic carbocycles. The minimum atomic E-state index is 0.398. The van der Waals surface area contributed by atoms with Gasteiger partial charge in [0.1, 0.15) is 0 Å². The van der Waals surface area contributed by atoms with Crippen molar-refractivity contribution in [1.29, 1.82) is 0 Å².